The summed E-state index contributed by atoms with van der Waals surface area (Å²) < 4.78 is 11.7. The topological polar surface area (TPSA) is 88.2 Å². The highest BCUT2D eigenvalue weighted by molar-refractivity contribution is 8.00. The molecule has 0 aliphatic carbocycles. The van der Waals surface area contributed by atoms with E-state index in [0.29, 0.717) is 12.2 Å². The van der Waals surface area contributed by atoms with Crippen molar-refractivity contribution in [3.63, 3.8) is 0 Å². The molecule has 38 heavy (non-hydrogen) atoms. The number of nitrogens with one attached hydrogen (secondary N) is 1. The minimum absolute atomic E-state index is 0.00473. The van der Waals surface area contributed by atoms with Gasteiger partial charge in [-0.15, -0.1) is 6.42 Å². The second-order valence-corrected chi connectivity index (χ2v) is 9.62. The fourth-order valence-corrected chi connectivity index (χ4v) is 4.96. The molecule has 0 aliphatic heterocycles. The van der Waals surface area contributed by atoms with Crippen molar-refractivity contribution in [2.24, 2.45) is 0 Å². The molecule has 0 spiro atoms. The van der Waals surface area contributed by atoms with E-state index in [1.807, 2.05) is 76.8 Å². The minimum Gasteiger partial charge on any atom is -0.469 e. The Labute approximate surface area is 227 Å². The van der Waals surface area contributed by atoms with Gasteiger partial charge in [-0.25, -0.2) is 0 Å². The molecule has 1 atom stereocenters. The first-order valence-corrected chi connectivity index (χ1v) is 12.7. The van der Waals surface area contributed by atoms with E-state index in [9.17, 15) is 14.4 Å². The van der Waals surface area contributed by atoms with Gasteiger partial charge in [-0.05, 0) is 55.3 Å². The quantitative estimate of drug-likeness (QED) is 0.212. The normalized spacial score (nSPS) is 11.2. The Bertz CT molecular complexity index is 1340. The van der Waals surface area contributed by atoms with Gasteiger partial charge in [0, 0.05) is 40.0 Å². The average molecular weight is 534 g/mol. The number of amides is 1. The molecule has 0 radical (unpaired) electrons. The van der Waals surface area contributed by atoms with Crippen molar-refractivity contribution in [3.8, 4) is 12.3 Å². The first-order chi connectivity index (χ1) is 18.3. The zero-order valence-electron chi connectivity index (χ0n) is 21.9. The van der Waals surface area contributed by atoms with Crippen LogP contribution in [-0.2, 0) is 23.9 Å². The van der Waals surface area contributed by atoms with Crippen molar-refractivity contribution < 1.29 is 23.9 Å². The molecule has 0 saturated heterocycles. The summed E-state index contributed by atoms with van der Waals surface area (Å²) in [5.41, 5.74) is 2.37. The third-order valence-electron chi connectivity index (χ3n) is 5.83. The number of hydrogen-bond acceptors (Lipinski definition) is 8. The van der Waals surface area contributed by atoms with E-state index in [2.05, 4.69) is 11.2 Å². The molecule has 0 aliphatic rings. The Morgan fingerprint density at radius 2 is 1.55 bits per heavy atom. The largest absolute Gasteiger partial charge is 0.469 e. The third-order valence-corrected chi connectivity index (χ3v) is 6.86. The van der Waals surface area contributed by atoms with Gasteiger partial charge in [-0.3, -0.25) is 14.4 Å². The summed E-state index contributed by atoms with van der Waals surface area (Å²) >= 11 is 1.38. The van der Waals surface area contributed by atoms with Crippen molar-refractivity contribution >= 4 is 57.6 Å². The summed E-state index contributed by atoms with van der Waals surface area (Å²) in [6.45, 7) is 3.70. The number of terminal acetylenes is 1. The fourth-order valence-electron chi connectivity index (χ4n) is 4.02. The molecule has 1 N–H and O–H groups in total. The van der Waals surface area contributed by atoms with Crippen molar-refractivity contribution in [3.05, 3.63) is 60.7 Å². The van der Waals surface area contributed by atoms with Gasteiger partial charge >= 0.3 is 11.9 Å². The average Bonchev–Trinajstić information content (AvgIpc) is 2.91. The minimum atomic E-state index is -0.388. The van der Waals surface area contributed by atoms with Crippen LogP contribution in [0.1, 0.15) is 20.3 Å². The van der Waals surface area contributed by atoms with Crippen LogP contribution in [0.3, 0.4) is 0 Å². The Kier molecular flexibility index (Phi) is 10.0. The van der Waals surface area contributed by atoms with Crippen LogP contribution in [0.25, 0.3) is 10.8 Å². The van der Waals surface area contributed by atoms with E-state index in [1.54, 1.807) is 0 Å². The molecule has 3 rings (SSSR count). The Morgan fingerprint density at radius 1 is 0.947 bits per heavy atom. The van der Waals surface area contributed by atoms with Gasteiger partial charge in [0.15, 0.2) is 0 Å². The van der Waals surface area contributed by atoms with Crippen LogP contribution in [0, 0.1) is 12.3 Å². The molecule has 0 fully saturated rings. The van der Waals surface area contributed by atoms with E-state index in [1.165, 1.54) is 33.1 Å². The summed E-state index contributed by atoms with van der Waals surface area (Å²) in [7, 11) is 2.72. The van der Waals surface area contributed by atoms with Gasteiger partial charge in [0.1, 0.15) is 6.54 Å². The summed E-state index contributed by atoms with van der Waals surface area (Å²) in [5.74, 6) is 1.84. The molecule has 3 aromatic carbocycles. The van der Waals surface area contributed by atoms with Crippen LogP contribution in [0.2, 0.25) is 0 Å². The van der Waals surface area contributed by atoms with Crippen molar-refractivity contribution in [1.29, 1.82) is 0 Å². The lowest BCUT2D eigenvalue weighted by Gasteiger charge is -2.31. The molecule has 0 heterocycles. The van der Waals surface area contributed by atoms with Crippen molar-refractivity contribution in [1.82, 2.24) is 0 Å². The van der Waals surface area contributed by atoms with Crippen molar-refractivity contribution in [2.75, 3.05) is 41.8 Å². The molecule has 9 heteroatoms. The molecule has 0 aromatic heterocycles. The predicted molar refractivity (Wildman–Crippen MR) is 152 cm³/mol. The zero-order valence-corrected chi connectivity index (χ0v) is 22.7. The van der Waals surface area contributed by atoms with Gasteiger partial charge in [0.25, 0.3) is 0 Å². The number of nitrogens with zero attached hydrogens (tertiary/aromatic N) is 2. The number of methoxy groups -OCH3 is 2. The summed E-state index contributed by atoms with van der Waals surface area (Å²) in [6.07, 6.45) is 5.88. The first kappa shape index (κ1) is 28.4. The molecule has 1 amide bonds. The highest BCUT2D eigenvalue weighted by Crippen LogP contribution is 2.39. The lowest BCUT2D eigenvalue weighted by molar-refractivity contribution is -0.141. The highest BCUT2D eigenvalue weighted by atomic mass is 32.2. The predicted octanol–water partition coefficient (Wildman–Crippen LogP) is 4.88. The third kappa shape index (κ3) is 7.20. The van der Waals surface area contributed by atoms with Crippen LogP contribution in [0.4, 0.5) is 17.1 Å². The van der Waals surface area contributed by atoms with Crippen LogP contribution in [0.5, 0.6) is 0 Å². The SMILES string of the molecule is C#CCN(c1ccc(N(CC(=O)OC)Sc2ccc(NC(C)=O)cc2)c2ccccc12)C(C)CC(=O)OC. The fraction of sp³-hybridized carbons (Fsp3) is 0.276. The summed E-state index contributed by atoms with van der Waals surface area (Å²) in [4.78, 5) is 38.6. The molecule has 0 saturated carbocycles. The molecule has 8 nitrogen and oxygen atoms in total. The standard InChI is InChI=1S/C29H31N3O5S/c1-6-17-31(20(2)18-28(34)36-4)26-15-16-27(25-10-8-7-9-24(25)26)32(19-29(35)37-5)38-23-13-11-22(12-14-23)30-21(3)33/h1,7-16,20H,17-19H2,2-5H3,(H,30,33). The number of anilines is 3. The van der Waals surface area contributed by atoms with Gasteiger partial charge in [-0.1, -0.05) is 30.2 Å². The maximum Gasteiger partial charge on any atom is 0.326 e. The number of ether oxygens (including phenoxy) is 2. The Balaban J connectivity index is 2.04. The molecule has 3 aromatic rings. The molecule has 1 unspecified atom stereocenters. The monoisotopic (exact) mass is 533 g/mol. The van der Waals surface area contributed by atoms with E-state index in [4.69, 9.17) is 15.9 Å². The second kappa shape index (κ2) is 13.4. The number of benzene rings is 3. The maximum atomic E-state index is 12.4. The van der Waals surface area contributed by atoms with E-state index in [-0.39, 0.29) is 36.9 Å². The van der Waals surface area contributed by atoms with Crippen LogP contribution in [-0.4, -0.2) is 51.2 Å². The van der Waals surface area contributed by atoms with Crippen LogP contribution in [0.15, 0.2) is 65.6 Å². The number of rotatable bonds is 11. The number of esters is 2. The lowest BCUT2D eigenvalue weighted by atomic mass is 10.0. The lowest BCUT2D eigenvalue weighted by Crippen LogP contribution is -2.35. The van der Waals surface area contributed by atoms with Crippen molar-refractivity contribution in [2.45, 2.75) is 31.2 Å². The van der Waals surface area contributed by atoms with Gasteiger partial charge in [0.05, 0.1) is 32.9 Å². The number of fused-ring (bicyclic) bond motifs is 1. The molecule has 198 valence electrons. The number of hydrogen-bond donors (Lipinski definition) is 1. The van der Waals surface area contributed by atoms with Crippen LogP contribution < -0.4 is 14.5 Å². The first-order valence-electron chi connectivity index (χ1n) is 12.0. The number of carbonyl (C=O) groups excluding carboxylic acids is 3. The van der Waals surface area contributed by atoms with Gasteiger partial charge in [0.2, 0.25) is 5.91 Å². The van der Waals surface area contributed by atoms with E-state index >= 15 is 0 Å². The molecular formula is C29H31N3O5S. The summed E-state index contributed by atoms with van der Waals surface area (Å²) in [6, 6.07) is 18.9. The second-order valence-electron chi connectivity index (χ2n) is 8.52. The smallest absolute Gasteiger partial charge is 0.326 e. The van der Waals surface area contributed by atoms with Gasteiger partial charge < -0.3 is 24.0 Å². The zero-order chi connectivity index (χ0) is 27.7. The molecule has 0 bridgehead atoms. The van der Waals surface area contributed by atoms with E-state index < -0.39 is 0 Å². The maximum absolute atomic E-state index is 12.4. The number of carbonyl (C=O) groups is 3. The Hall–Kier alpha value is -4.16. The highest BCUT2D eigenvalue weighted by Gasteiger charge is 2.22. The molecular weight excluding hydrogens is 502 g/mol. The van der Waals surface area contributed by atoms with E-state index in [0.717, 1.165) is 27.0 Å². The van der Waals surface area contributed by atoms with Gasteiger partial charge in [-0.2, -0.15) is 0 Å². The summed E-state index contributed by atoms with van der Waals surface area (Å²) in [5, 5.41) is 4.58. The van der Waals surface area contributed by atoms with Crippen LogP contribution >= 0.6 is 11.9 Å². The Morgan fingerprint density at radius 3 is 2.13 bits per heavy atom.